The van der Waals surface area contributed by atoms with Gasteiger partial charge in [-0.25, -0.2) is 0 Å². The molecule has 2 aliphatic heterocycles. The van der Waals surface area contributed by atoms with Gasteiger partial charge in [0.25, 0.3) is 5.91 Å². The summed E-state index contributed by atoms with van der Waals surface area (Å²) in [5.41, 5.74) is 3.63. The molecule has 2 aliphatic rings. The SMILES string of the molecule is O=C(NC1(c2ccc(-c3cn[nH]c3)cc2)CCNCC1)C1CCN(C(=O)c2ccccc2)CC1. The second kappa shape index (κ2) is 9.81. The maximum atomic E-state index is 13.4. The maximum absolute atomic E-state index is 13.4. The van der Waals surface area contributed by atoms with Crippen molar-refractivity contribution in [2.75, 3.05) is 26.2 Å². The third kappa shape index (κ3) is 4.61. The van der Waals surface area contributed by atoms with Gasteiger partial charge in [-0.15, -0.1) is 0 Å². The van der Waals surface area contributed by atoms with Gasteiger partial charge in [0.1, 0.15) is 0 Å². The molecule has 5 rings (SSSR count). The second-order valence-electron chi connectivity index (χ2n) is 9.32. The number of nitrogens with one attached hydrogen (secondary N) is 3. The number of carbonyl (C=O) groups excluding carboxylic acids is 2. The van der Waals surface area contributed by atoms with Gasteiger partial charge in [0.15, 0.2) is 0 Å². The first-order chi connectivity index (χ1) is 16.6. The molecule has 1 aromatic heterocycles. The smallest absolute Gasteiger partial charge is 0.253 e. The number of benzene rings is 2. The zero-order valence-electron chi connectivity index (χ0n) is 19.3. The number of likely N-dealkylation sites (tertiary alicyclic amines) is 1. The monoisotopic (exact) mass is 457 g/mol. The fourth-order valence-electron chi connectivity index (χ4n) is 5.18. The van der Waals surface area contributed by atoms with Crippen molar-refractivity contribution in [3.05, 3.63) is 78.1 Å². The lowest BCUT2D eigenvalue weighted by molar-refractivity contribution is -0.128. The highest BCUT2D eigenvalue weighted by Crippen LogP contribution is 2.33. The minimum absolute atomic E-state index is 0.0481. The summed E-state index contributed by atoms with van der Waals surface area (Å²) in [5, 5.41) is 13.8. The highest BCUT2D eigenvalue weighted by Gasteiger charge is 2.38. The van der Waals surface area contributed by atoms with Crippen LogP contribution in [0.5, 0.6) is 0 Å². The van der Waals surface area contributed by atoms with E-state index in [9.17, 15) is 9.59 Å². The van der Waals surface area contributed by atoms with E-state index in [1.807, 2.05) is 47.6 Å². The molecule has 0 spiro atoms. The van der Waals surface area contributed by atoms with Crippen molar-refractivity contribution in [2.24, 2.45) is 5.92 Å². The van der Waals surface area contributed by atoms with Crippen molar-refractivity contribution in [2.45, 2.75) is 31.2 Å². The molecule has 3 N–H and O–H groups in total. The van der Waals surface area contributed by atoms with E-state index >= 15 is 0 Å². The first kappa shape index (κ1) is 22.3. The lowest BCUT2D eigenvalue weighted by Crippen LogP contribution is -2.54. The molecule has 0 saturated carbocycles. The molecule has 0 aliphatic carbocycles. The number of aromatic nitrogens is 2. The zero-order chi connectivity index (χ0) is 23.4. The van der Waals surface area contributed by atoms with Gasteiger partial charge in [-0.3, -0.25) is 14.7 Å². The molecule has 2 fully saturated rings. The van der Waals surface area contributed by atoms with Gasteiger partial charge in [-0.2, -0.15) is 5.10 Å². The van der Waals surface area contributed by atoms with Crippen LogP contribution in [-0.4, -0.2) is 53.1 Å². The van der Waals surface area contributed by atoms with E-state index in [-0.39, 0.29) is 23.3 Å². The molecular formula is C27H31N5O2. The van der Waals surface area contributed by atoms with Gasteiger partial charge < -0.3 is 15.5 Å². The summed E-state index contributed by atoms with van der Waals surface area (Å²) in [5.74, 6) is 0.0800. The summed E-state index contributed by atoms with van der Waals surface area (Å²) in [6.45, 7) is 2.96. The molecular weight excluding hydrogens is 426 g/mol. The molecule has 0 atom stereocenters. The summed E-state index contributed by atoms with van der Waals surface area (Å²) >= 11 is 0. The topological polar surface area (TPSA) is 90.1 Å². The van der Waals surface area contributed by atoms with Gasteiger partial charge in [0, 0.05) is 36.3 Å². The molecule has 7 nitrogen and oxygen atoms in total. The Balaban J connectivity index is 1.26. The van der Waals surface area contributed by atoms with Gasteiger partial charge in [-0.05, 0) is 62.0 Å². The lowest BCUT2D eigenvalue weighted by Gasteiger charge is -2.41. The van der Waals surface area contributed by atoms with E-state index in [4.69, 9.17) is 0 Å². The number of rotatable bonds is 5. The van der Waals surface area contributed by atoms with Crippen LogP contribution < -0.4 is 10.6 Å². The average molecular weight is 458 g/mol. The van der Waals surface area contributed by atoms with Crippen molar-refractivity contribution in [1.29, 1.82) is 0 Å². The number of hydrogen-bond acceptors (Lipinski definition) is 4. The maximum Gasteiger partial charge on any atom is 0.253 e. The number of piperidine rings is 2. The Labute approximate surface area is 199 Å². The minimum Gasteiger partial charge on any atom is -0.346 e. The van der Waals surface area contributed by atoms with Crippen molar-refractivity contribution < 1.29 is 9.59 Å². The van der Waals surface area contributed by atoms with Crippen LogP contribution in [0.4, 0.5) is 0 Å². The first-order valence-electron chi connectivity index (χ1n) is 12.1. The molecule has 0 radical (unpaired) electrons. The predicted octanol–water partition coefficient (Wildman–Crippen LogP) is 3.32. The summed E-state index contributed by atoms with van der Waals surface area (Å²) in [6.07, 6.45) is 6.79. The van der Waals surface area contributed by atoms with Crippen LogP contribution in [0.15, 0.2) is 67.0 Å². The summed E-state index contributed by atoms with van der Waals surface area (Å²) in [7, 11) is 0. The van der Waals surface area contributed by atoms with E-state index in [1.54, 1.807) is 0 Å². The molecule has 2 saturated heterocycles. The Kier molecular flexibility index (Phi) is 6.45. The Hall–Kier alpha value is -3.45. The van der Waals surface area contributed by atoms with Crippen LogP contribution in [0.2, 0.25) is 0 Å². The van der Waals surface area contributed by atoms with E-state index in [1.165, 1.54) is 0 Å². The van der Waals surface area contributed by atoms with Gasteiger partial charge in [0.2, 0.25) is 5.91 Å². The van der Waals surface area contributed by atoms with Gasteiger partial charge in [0.05, 0.1) is 11.7 Å². The summed E-state index contributed by atoms with van der Waals surface area (Å²) in [4.78, 5) is 28.0. The van der Waals surface area contributed by atoms with E-state index in [2.05, 4.69) is 45.1 Å². The third-order valence-electron chi connectivity index (χ3n) is 7.26. The van der Waals surface area contributed by atoms with Crippen molar-refractivity contribution >= 4 is 11.8 Å². The number of nitrogens with zero attached hydrogens (tertiary/aromatic N) is 2. The Bertz CT molecular complexity index is 1100. The standard InChI is InChI=1S/C27H31N5O2/c33-25(21-10-16-32(17-11-21)26(34)22-4-2-1-3-5-22)31-27(12-14-28-15-13-27)24-8-6-20(7-9-24)23-18-29-30-19-23/h1-9,18-19,21,28H,10-17H2,(H,29,30)(H,31,33). The van der Waals surface area contributed by atoms with Crippen LogP contribution in [0.1, 0.15) is 41.6 Å². The Morgan fingerprint density at radius 3 is 2.29 bits per heavy atom. The predicted molar refractivity (Wildman–Crippen MR) is 131 cm³/mol. The molecule has 3 aromatic rings. The highest BCUT2D eigenvalue weighted by atomic mass is 16.2. The quantitative estimate of drug-likeness (QED) is 0.548. The molecule has 176 valence electrons. The normalized spacial score (nSPS) is 18.4. The number of H-pyrrole nitrogens is 1. The van der Waals surface area contributed by atoms with Crippen LogP contribution in [0, 0.1) is 5.92 Å². The Morgan fingerprint density at radius 2 is 1.65 bits per heavy atom. The molecule has 0 bridgehead atoms. The molecule has 2 amide bonds. The number of aromatic amines is 1. The summed E-state index contributed by atoms with van der Waals surface area (Å²) < 4.78 is 0. The first-order valence-corrected chi connectivity index (χ1v) is 12.1. The zero-order valence-corrected chi connectivity index (χ0v) is 19.3. The van der Waals surface area contributed by atoms with Crippen LogP contribution in [-0.2, 0) is 10.3 Å². The lowest BCUT2D eigenvalue weighted by atomic mass is 9.80. The van der Waals surface area contributed by atoms with Crippen LogP contribution >= 0.6 is 0 Å². The number of hydrogen-bond donors (Lipinski definition) is 3. The average Bonchev–Trinajstić information content (AvgIpc) is 3.45. The summed E-state index contributed by atoms with van der Waals surface area (Å²) in [6, 6.07) is 17.8. The number of amides is 2. The second-order valence-corrected chi connectivity index (χ2v) is 9.32. The van der Waals surface area contributed by atoms with Crippen molar-refractivity contribution in [1.82, 2.24) is 25.7 Å². The van der Waals surface area contributed by atoms with Crippen LogP contribution in [0.3, 0.4) is 0 Å². The highest BCUT2D eigenvalue weighted by molar-refractivity contribution is 5.94. The van der Waals surface area contributed by atoms with Crippen molar-refractivity contribution in [3.63, 3.8) is 0 Å². The minimum atomic E-state index is -0.367. The number of carbonyl (C=O) groups is 2. The van der Waals surface area contributed by atoms with Gasteiger partial charge in [-0.1, -0.05) is 42.5 Å². The Morgan fingerprint density at radius 1 is 0.941 bits per heavy atom. The molecule has 0 unspecified atom stereocenters. The molecule has 2 aromatic carbocycles. The van der Waals surface area contributed by atoms with Crippen molar-refractivity contribution in [3.8, 4) is 11.1 Å². The molecule has 34 heavy (non-hydrogen) atoms. The van der Waals surface area contributed by atoms with E-state index in [0.717, 1.165) is 42.6 Å². The van der Waals surface area contributed by atoms with Gasteiger partial charge >= 0.3 is 0 Å². The fraction of sp³-hybridized carbons (Fsp3) is 0.370. The third-order valence-corrected chi connectivity index (χ3v) is 7.26. The van der Waals surface area contributed by atoms with Crippen LogP contribution in [0.25, 0.3) is 11.1 Å². The fourth-order valence-corrected chi connectivity index (χ4v) is 5.18. The molecule has 3 heterocycles. The molecule has 7 heteroatoms. The van der Waals surface area contributed by atoms with E-state index < -0.39 is 0 Å². The van der Waals surface area contributed by atoms with E-state index in [0.29, 0.717) is 31.5 Å². The largest absolute Gasteiger partial charge is 0.346 e.